The smallest absolute Gasteiger partial charge is 0.251 e. The molecule has 5 nitrogen and oxygen atoms in total. The van der Waals surface area contributed by atoms with Crippen LogP contribution in [0.15, 0.2) is 23.9 Å². The highest BCUT2D eigenvalue weighted by Gasteiger charge is 2.23. The number of nitrogens with zero attached hydrogens (tertiary/aromatic N) is 1. The molecule has 0 spiro atoms. The Labute approximate surface area is 107 Å². The zero-order valence-electron chi connectivity index (χ0n) is 9.84. The maximum absolute atomic E-state index is 13.0. The van der Waals surface area contributed by atoms with Gasteiger partial charge in [-0.3, -0.25) is 10.1 Å². The summed E-state index contributed by atoms with van der Waals surface area (Å²) >= 11 is 0. The standard InChI is InChI=1S/C12H11F2NO4/c13-9-3-8(4-10(14)6-9)5-11(15(16)17)7-12-18-1-2-19-12/h3-6,12H,1-2,7H2/b11-5+. The Morgan fingerprint density at radius 3 is 2.42 bits per heavy atom. The van der Waals surface area contributed by atoms with E-state index < -0.39 is 22.8 Å². The van der Waals surface area contributed by atoms with Crippen LogP contribution in [0.25, 0.3) is 6.08 Å². The molecule has 1 heterocycles. The van der Waals surface area contributed by atoms with Crippen molar-refractivity contribution in [2.75, 3.05) is 13.2 Å². The summed E-state index contributed by atoms with van der Waals surface area (Å²) in [4.78, 5) is 10.3. The molecular formula is C12H11F2NO4. The number of rotatable bonds is 4. The lowest BCUT2D eigenvalue weighted by Crippen LogP contribution is -2.12. The first-order valence-corrected chi connectivity index (χ1v) is 5.59. The fraction of sp³-hybridized carbons (Fsp3) is 0.333. The van der Waals surface area contributed by atoms with E-state index in [1.165, 1.54) is 0 Å². The average molecular weight is 271 g/mol. The minimum Gasteiger partial charge on any atom is -0.350 e. The predicted octanol–water partition coefficient (Wildman–Crippen LogP) is 2.35. The van der Waals surface area contributed by atoms with Gasteiger partial charge in [0.1, 0.15) is 11.6 Å². The van der Waals surface area contributed by atoms with Crippen LogP contribution in [-0.4, -0.2) is 24.4 Å². The van der Waals surface area contributed by atoms with Crippen molar-refractivity contribution in [3.63, 3.8) is 0 Å². The molecule has 1 aliphatic rings. The lowest BCUT2D eigenvalue weighted by molar-refractivity contribution is -0.429. The molecule has 0 bridgehead atoms. The van der Waals surface area contributed by atoms with E-state index in [1.54, 1.807) is 0 Å². The number of hydrogen-bond acceptors (Lipinski definition) is 4. The summed E-state index contributed by atoms with van der Waals surface area (Å²) in [6.07, 6.45) is 0.345. The molecule has 0 aromatic heterocycles. The quantitative estimate of drug-likeness (QED) is 0.623. The van der Waals surface area contributed by atoms with Gasteiger partial charge >= 0.3 is 0 Å². The second-order valence-electron chi connectivity index (χ2n) is 3.97. The van der Waals surface area contributed by atoms with Crippen LogP contribution in [0.1, 0.15) is 12.0 Å². The Kier molecular flexibility index (Phi) is 4.18. The third kappa shape index (κ3) is 3.80. The van der Waals surface area contributed by atoms with Gasteiger partial charge in [0, 0.05) is 12.1 Å². The Morgan fingerprint density at radius 2 is 1.89 bits per heavy atom. The summed E-state index contributed by atoms with van der Waals surface area (Å²) in [6.45, 7) is 0.758. The number of nitro groups is 1. The summed E-state index contributed by atoms with van der Waals surface area (Å²) in [5.74, 6) is -1.58. The first-order valence-electron chi connectivity index (χ1n) is 5.59. The van der Waals surface area contributed by atoms with Crippen LogP contribution in [0.4, 0.5) is 8.78 Å². The van der Waals surface area contributed by atoms with E-state index in [4.69, 9.17) is 9.47 Å². The molecule has 0 N–H and O–H groups in total. The highest BCUT2D eigenvalue weighted by atomic mass is 19.1. The minimum absolute atomic E-state index is 0.0782. The van der Waals surface area contributed by atoms with Gasteiger partial charge in [-0.25, -0.2) is 8.78 Å². The maximum Gasteiger partial charge on any atom is 0.251 e. The maximum atomic E-state index is 13.0. The molecule has 1 aliphatic heterocycles. The van der Waals surface area contributed by atoms with Crippen molar-refractivity contribution in [1.29, 1.82) is 0 Å². The van der Waals surface area contributed by atoms with Crippen molar-refractivity contribution in [2.45, 2.75) is 12.7 Å². The summed E-state index contributed by atoms with van der Waals surface area (Å²) in [7, 11) is 0. The van der Waals surface area contributed by atoms with Gasteiger partial charge in [0.05, 0.1) is 24.6 Å². The summed E-state index contributed by atoms with van der Waals surface area (Å²) in [5, 5.41) is 10.9. The molecule has 0 radical (unpaired) electrons. The van der Waals surface area contributed by atoms with Gasteiger partial charge in [0.2, 0.25) is 0 Å². The highest BCUT2D eigenvalue weighted by Crippen LogP contribution is 2.19. The molecular weight excluding hydrogens is 260 g/mol. The SMILES string of the molecule is O=[N+]([O-])/C(=C/c1cc(F)cc(F)c1)CC1OCCO1. The van der Waals surface area contributed by atoms with Gasteiger partial charge in [0.25, 0.3) is 5.70 Å². The van der Waals surface area contributed by atoms with Gasteiger partial charge in [-0.1, -0.05) is 0 Å². The van der Waals surface area contributed by atoms with E-state index in [9.17, 15) is 18.9 Å². The number of hydrogen-bond donors (Lipinski definition) is 0. The van der Waals surface area contributed by atoms with Gasteiger partial charge in [-0.2, -0.15) is 0 Å². The van der Waals surface area contributed by atoms with E-state index in [2.05, 4.69) is 0 Å². The fourth-order valence-corrected chi connectivity index (χ4v) is 1.73. The number of halogens is 2. The molecule has 0 unspecified atom stereocenters. The van der Waals surface area contributed by atoms with Crippen LogP contribution >= 0.6 is 0 Å². The largest absolute Gasteiger partial charge is 0.350 e. The summed E-state index contributed by atoms with van der Waals surface area (Å²) < 4.78 is 36.2. The molecule has 1 aromatic carbocycles. The molecule has 1 fully saturated rings. The minimum atomic E-state index is -0.790. The van der Waals surface area contributed by atoms with Gasteiger partial charge in [0.15, 0.2) is 6.29 Å². The molecule has 0 amide bonds. The van der Waals surface area contributed by atoms with Crippen LogP contribution in [0, 0.1) is 21.7 Å². The third-order valence-corrected chi connectivity index (χ3v) is 2.52. The van der Waals surface area contributed by atoms with Crippen molar-refractivity contribution >= 4 is 6.08 Å². The molecule has 2 rings (SSSR count). The van der Waals surface area contributed by atoms with Gasteiger partial charge < -0.3 is 9.47 Å². The second kappa shape index (κ2) is 5.85. The van der Waals surface area contributed by atoms with E-state index in [1.807, 2.05) is 0 Å². The van der Waals surface area contributed by atoms with Gasteiger partial charge in [-0.15, -0.1) is 0 Å². The molecule has 0 aliphatic carbocycles. The normalized spacial score (nSPS) is 16.8. The summed E-state index contributed by atoms with van der Waals surface area (Å²) in [6, 6.07) is 2.73. The Hall–Kier alpha value is -1.86. The molecule has 19 heavy (non-hydrogen) atoms. The van der Waals surface area contributed by atoms with E-state index in [-0.39, 0.29) is 17.7 Å². The molecule has 0 saturated carbocycles. The Balaban J connectivity index is 2.21. The average Bonchev–Trinajstić information content (AvgIpc) is 2.79. The molecule has 7 heteroatoms. The first kappa shape index (κ1) is 13.6. The molecule has 1 aromatic rings. The number of benzene rings is 1. The lowest BCUT2D eigenvalue weighted by Gasteiger charge is -2.06. The van der Waals surface area contributed by atoms with Crippen molar-refractivity contribution in [1.82, 2.24) is 0 Å². The topological polar surface area (TPSA) is 61.6 Å². The second-order valence-corrected chi connectivity index (χ2v) is 3.97. The van der Waals surface area contributed by atoms with Crippen LogP contribution in [0.2, 0.25) is 0 Å². The Morgan fingerprint density at radius 1 is 1.32 bits per heavy atom. The number of ether oxygens (including phenoxy) is 2. The van der Waals surface area contributed by atoms with Crippen LogP contribution in [-0.2, 0) is 9.47 Å². The van der Waals surface area contributed by atoms with Crippen LogP contribution in [0.3, 0.4) is 0 Å². The van der Waals surface area contributed by atoms with Crippen LogP contribution in [0.5, 0.6) is 0 Å². The van der Waals surface area contributed by atoms with Crippen molar-refractivity contribution < 1.29 is 23.2 Å². The van der Waals surface area contributed by atoms with Crippen molar-refractivity contribution in [3.8, 4) is 0 Å². The monoisotopic (exact) mass is 271 g/mol. The van der Waals surface area contributed by atoms with Crippen molar-refractivity contribution in [2.24, 2.45) is 0 Å². The van der Waals surface area contributed by atoms with Crippen molar-refractivity contribution in [3.05, 3.63) is 51.2 Å². The Bertz CT molecular complexity index is 492. The van der Waals surface area contributed by atoms with E-state index in [0.717, 1.165) is 18.2 Å². The molecule has 102 valence electrons. The molecule has 0 atom stereocenters. The predicted molar refractivity (Wildman–Crippen MR) is 61.6 cm³/mol. The van der Waals surface area contributed by atoms with E-state index in [0.29, 0.717) is 19.3 Å². The first-order chi connectivity index (χ1) is 9.04. The lowest BCUT2D eigenvalue weighted by atomic mass is 10.1. The zero-order chi connectivity index (χ0) is 13.8. The van der Waals surface area contributed by atoms with Crippen LogP contribution < -0.4 is 0 Å². The van der Waals surface area contributed by atoms with Gasteiger partial charge in [-0.05, 0) is 17.7 Å². The highest BCUT2D eigenvalue weighted by molar-refractivity contribution is 5.51. The fourth-order valence-electron chi connectivity index (χ4n) is 1.73. The molecule has 1 saturated heterocycles. The summed E-state index contributed by atoms with van der Waals surface area (Å²) in [5.41, 5.74) is -0.140. The third-order valence-electron chi connectivity index (χ3n) is 2.52. The zero-order valence-corrected chi connectivity index (χ0v) is 9.84. The van der Waals surface area contributed by atoms with E-state index >= 15 is 0 Å².